The van der Waals surface area contributed by atoms with Crippen molar-refractivity contribution in [3.8, 4) is 5.75 Å². The molecule has 7 rings (SSSR count). The van der Waals surface area contributed by atoms with Gasteiger partial charge >= 0.3 is 6.09 Å². The molecule has 0 unspecified atom stereocenters. The molecule has 2 aliphatic carbocycles. The molecule has 3 aliphatic heterocycles. The molecule has 0 radical (unpaired) electrons. The predicted octanol–water partition coefficient (Wildman–Crippen LogP) is 4.44. The Bertz CT molecular complexity index is 1800. The molecular formula is C38H49ClN4O8S. The summed E-state index contributed by atoms with van der Waals surface area (Å²) in [6, 6.07) is 10.9. The average molecular weight is 757 g/mol. The number of halogens is 1. The van der Waals surface area contributed by atoms with Crippen LogP contribution in [0.25, 0.3) is 0 Å². The Morgan fingerprint density at radius 3 is 2.75 bits per heavy atom. The second-order valence-corrected chi connectivity index (χ2v) is 17.3. The quantitative estimate of drug-likeness (QED) is 0.432. The van der Waals surface area contributed by atoms with Gasteiger partial charge < -0.3 is 29.2 Å². The van der Waals surface area contributed by atoms with E-state index in [9.17, 15) is 18.0 Å². The Morgan fingerprint density at radius 1 is 1.13 bits per heavy atom. The highest BCUT2D eigenvalue weighted by molar-refractivity contribution is 7.90. The highest BCUT2D eigenvalue weighted by atomic mass is 35.5. The number of benzene rings is 2. The maximum Gasteiger partial charge on any atom is 0.407 e. The van der Waals surface area contributed by atoms with Crippen LogP contribution in [0.3, 0.4) is 0 Å². The molecule has 2 amide bonds. The number of ether oxygens (including phenoxy) is 4. The second kappa shape index (κ2) is 15.2. The first-order valence-electron chi connectivity index (χ1n) is 18.4. The minimum absolute atomic E-state index is 0.0124. The standard InChI is InChI=1S/C38H49ClN4O8S/c1-37(2)35(44)41-52(46,47)29-9-12-34-32(22-29)43(24-38(25-49-34)13-3-5-26-21-28(39)8-11-31(26)38)23-27-7-10-30(27)33(6-4-18-50-37)51-36(45)40-14-15-42-16-19-48-20-17-42/h4,6,8-9,11-12,21-22,27,30,33H,3,5,7,10,13-20,23-25H2,1-2H3,(H,40,45)(H,41,44)/b6-4+/t27-,30+,33-,38-/m0/s1. The van der Waals surface area contributed by atoms with Crippen LogP contribution in [0, 0.1) is 11.8 Å². The van der Waals surface area contributed by atoms with Gasteiger partial charge in [0.2, 0.25) is 0 Å². The van der Waals surface area contributed by atoms with Crippen molar-refractivity contribution in [1.29, 1.82) is 0 Å². The van der Waals surface area contributed by atoms with Gasteiger partial charge in [0.15, 0.2) is 0 Å². The normalized spacial score (nSPS) is 29.2. The van der Waals surface area contributed by atoms with Gasteiger partial charge in [0.05, 0.1) is 37.0 Å². The summed E-state index contributed by atoms with van der Waals surface area (Å²) in [6.45, 7) is 8.88. The summed E-state index contributed by atoms with van der Waals surface area (Å²) in [5.74, 6) is -0.0640. The number of nitrogens with one attached hydrogen (secondary N) is 2. The fourth-order valence-electron chi connectivity index (χ4n) is 8.19. The monoisotopic (exact) mass is 756 g/mol. The summed E-state index contributed by atoms with van der Waals surface area (Å²) < 4.78 is 53.5. The maximum absolute atomic E-state index is 13.7. The van der Waals surface area contributed by atoms with Crippen molar-refractivity contribution < 1.29 is 37.0 Å². The molecule has 2 aromatic carbocycles. The summed E-state index contributed by atoms with van der Waals surface area (Å²) in [6.07, 6.45) is 7.14. The molecule has 1 saturated heterocycles. The van der Waals surface area contributed by atoms with Gasteiger partial charge in [-0.05, 0) is 99.4 Å². The summed E-state index contributed by atoms with van der Waals surface area (Å²) in [5, 5.41) is 3.63. The zero-order valence-electron chi connectivity index (χ0n) is 29.9. The number of rotatable bonds is 4. The molecule has 4 atom stereocenters. The van der Waals surface area contributed by atoms with Crippen LogP contribution in [0.4, 0.5) is 10.5 Å². The minimum Gasteiger partial charge on any atom is -0.490 e. The molecule has 2 aromatic rings. The lowest BCUT2D eigenvalue weighted by molar-refractivity contribution is -0.139. The van der Waals surface area contributed by atoms with Gasteiger partial charge in [-0.1, -0.05) is 23.7 Å². The van der Waals surface area contributed by atoms with E-state index < -0.39 is 33.7 Å². The van der Waals surface area contributed by atoms with Crippen LogP contribution in [0.1, 0.15) is 50.7 Å². The van der Waals surface area contributed by atoms with E-state index >= 15 is 0 Å². The molecule has 0 aromatic heterocycles. The lowest BCUT2D eigenvalue weighted by Gasteiger charge is -2.46. The summed E-state index contributed by atoms with van der Waals surface area (Å²) >= 11 is 6.44. The Hall–Kier alpha value is -3.36. The maximum atomic E-state index is 13.7. The molecule has 14 heteroatoms. The number of fused-ring (bicyclic) bond motifs is 4. The Balaban J connectivity index is 1.20. The van der Waals surface area contributed by atoms with E-state index in [2.05, 4.69) is 25.9 Å². The third kappa shape index (κ3) is 7.94. The van der Waals surface area contributed by atoms with E-state index in [1.54, 1.807) is 18.2 Å². The predicted molar refractivity (Wildman–Crippen MR) is 196 cm³/mol. The van der Waals surface area contributed by atoms with Crippen molar-refractivity contribution in [3.63, 3.8) is 0 Å². The number of anilines is 1. The first kappa shape index (κ1) is 37.0. The third-order valence-electron chi connectivity index (χ3n) is 11.4. The number of carbonyl (C=O) groups is 2. The van der Waals surface area contributed by atoms with Gasteiger partial charge in [-0.25, -0.2) is 17.9 Å². The molecule has 12 nitrogen and oxygen atoms in total. The zero-order chi connectivity index (χ0) is 36.5. The molecular weight excluding hydrogens is 708 g/mol. The number of amides is 2. The first-order valence-corrected chi connectivity index (χ1v) is 20.2. The number of alkyl carbamates (subject to hydrolysis) is 1. The molecule has 3 heterocycles. The number of nitrogens with zero attached hydrogens (tertiary/aromatic N) is 2. The van der Waals surface area contributed by atoms with Crippen LogP contribution < -0.4 is 19.7 Å². The van der Waals surface area contributed by atoms with Crippen LogP contribution >= 0.6 is 11.6 Å². The van der Waals surface area contributed by atoms with E-state index in [1.807, 2.05) is 18.2 Å². The van der Waals surface area contributed by atoms with E-state index in [0.29, 0.717) is 62.5 Å². The SMILES string of the molecule is CC1(C)OC/C=C/[C@H](OC(=O)NCCN2CCOCC2)[C@@H]2CC[C@H]2CN2C[C@@]3(CCCc4cc(Cl)ccc43)COc3ccc(cc32)S(=O)(=O)NC1=O. The van der Waals surface area contributed by atoms with Crippen molar-refractivity contribution in [2.45, 2.75) is 68.0 Å². The van der Waals surface area contributed by atoms with Crippen LogP contribution in [-0.4, -0.2) is 103 Å². The molecule has 52 heavy (non-hydrogen) atoms. The zero-order valence-corrected chi connectivity index (χ0v) is 31.5. The van der Waals surface area contributed by atoms with Gasteiger partial charge in [-0.3, -0.25) is 9.69 Å². The topological polar surface area (TPSA) is 136 Å². The summed E-state index contributed by atoms with van der Waals surface area (Å²) in [4.78, 5) is 30.9. The lowest BCUT2D eigenvalue weighted by atomic mass is 9.68. The van der Waals surface area contributed by atoms with Gasteiger partial charge in [0.1, 0.15) is 17.5 Å². The average Bonchev–Trinajstić information content (AvgIpc) is 3.25. The molecule has 2 bridgehead atoms. The molecule has 1 spiro atoms. The molecule has 1 saturated carbocycles. The number of sulfonamides is 1. The van der Waals surface area contributed by atoms with E-state index in [4.69, 9.17) is 30.5 Å². The molecule has 5 aliphatic rings. The van der Waals surface area contributed by atoms with Crippen LogP contribution in [0.2, 0.25) is 5.02 Å². The number of aryl methyl sites for hydroxylation is 1. The van der Waals surface area contributed by atoms with Crippen molar-refractivity contribution >= 4 is 39.3 Å². The Kier molecular flexibility index (Phi) is 10.8. The largest absolute Gasteiger partial charge is 0.490 e. The number of hydrogen-bond donors (Lipinski definition) is 2. The van der Waals surface area contributed by atoms with Gasteiger partial charge in [0, 0.05) is 55.6 Å². The number of carbonyl (C=O) groups excluding carboxylic acids is 2. The van der Waals surface area contributed by atoms with E-state index in [0.717, 1.165) is 45.2 Å². The number of hydrogen-bond acceptors (Lipinski definition) is 10. The highest BCUT2D eigenvalue weighted by Gasteiger charge is 2.45. The van der Waals surface area contributed by atoms with Crippen molar-refractivity contribution in [2.75, 3.05) is 70.6 Å². The van der Waals surface area contributed by atoms with Crippen molar-refractivity contribution in [1.82, 2.24) is 14.9 Å². The van der Waals surface area contributed by atoms with Crippen LogP contribution in [0.5, 0.6) is 5.75 Å². The van der Waals surface area contributed by atoms with Gasteiger partial charge in [-0.15, -0.1) is 0 Å². The highest BCUT2D eigenvalue weighted by Crippen LogP contribution is 2.47. The van der Waals surface area contributed by atoms with Gasteiger partial charge in [0.25, 0.3) is 15.9 Å². The van der Waals surface area contributed by atoms with Crippen LogP contribution in [0.15, 0.2) is 53.4 Å². The van der Waals surface area contributed by atoms with Crippen molar-refractivity contribution in [2.24, 2.45) is 11.8 Å². The molecule has 2 N–H and O–H groups in total. The second-order valence-electron chi connectivity index (χ2n) is 15.2. The third-order valence-corrected chi connectivity index (χ3v) is 12.9. The van der Waals surface area contributed by atoms with E-state index in [-0.39, 0.29) is 28.8 Å². The summed E-state index contributed by atoms with van der Waals surface area (Å²) in [7, 11) is -4.25. The molecule has 2 fully saturated rings. The van der Waals surface area contributed by atoms with Crippen molar-refractivity contribution in [3.05, 3.63) is 64.7 Å². The van der Waals surface area contributed by atoms with Crippen LogP contribution in [-0.2, 0) is 40.9 Å². The molecule has 282 valence electrons. The van der Waals surface area contributed by atoms with E-state index in [1.165, 1.54) is 31.0 Å². The van der Waals surface area contributed by atoms with Gasteiger partial charge in [-0.2, -0.15) is 0 Å². The fraction of sp³-hybridized carbons (Fsp3) is 0.579. The fourth-order valence-corrected chi connectivity index (χ4v) is 9.51. The number of morpholine rings is 1. The smallest absolute Gasteiger partial charge is 0.407 e. The Labute approximate surface area is 311 Å². The minimum atomic E-state index is -4.25. The lowest BCUT2D eigenvalue weighted by Crippen LogP contribution is -2.50. The summed E-state index contributed by atoms with van der Waals surface area (Å²) in [5.41, 5.74) is 1.23. The Morgan fingerprint density at radius 2 is 1.96 bits per heavy atom. The first-order chi connectivity index (χ1) is 24.9.